The van der Waals surface area contributed by atoms with Crippen molar-refractivity contribution < 1.29 is 27.0 Å². The molecule has 1 amide bonds. The van der Waals surface area contributed by atoms with Crippen LogP contribution in [0.4, 0.5) is 3.89 Å². The molecular weight excluding hydrogens is 315 g/mol. The fourth-order valence-corrected chi connectivity index (χ4v) is 3.36. The Morgan fingerprint density at radius 2 is 2.27 bits per heavy atom. The minimum absolute atomic E-state index is 0.0595. The van der Waals surface area contributed by atoms with Crippen molar-refractivity contribution in [2.24, 2.45) is 5.92 Å². The Balaban J connectivity index is 2.12. The zero-order valence-corrected chi connectivity index (χ0v) is 12.4. The third-order valence-electron chi connectivity index (χ3n) is 3.49. The topological polar surface area (TPSA) is 105 Å². The lowest BCUT2D eigenvalue weighted by Gasteiger charge is -2.24. The summed E-state index contributed by atoms with van der Waals surface area (Å²) in [4.78, 5) is 28.3. The van der Waals surface area contributed by atoms with Gasteiger partial charge < -0.3 is 10.0 Å². The maximum atomic E-state index is 12.7. The van der Waals surface area contributed by atoms with Gasteiger partial charge in [0.05, 0.1) is 5.75 Å². The van der Waals surface area contributed by atoms with Gasteiger partial charge in [0.2, 0.25) is 5.91 Å². The number of nitrogens with zero attached hydrogens (tertiary/aromatic N) is 2. The van der Waals surface area contributed by atoms with Gasteiger partial charge in [0.15, 0.2) is 0 Å². The number of aromatic nitrogens is 1. The van der Waals surface area contributed by atoms with Crippen molar-refractivity contribution in [2.45, 2.75) is 18.9 Å². The van der Waals surface area contributed by atoms with Gasteiger partial charge in [0, 0.05) is 37.7 Å². The molecule has 0 aliphatic carbocycles. The first kappa shape index (κ1) is 16.3. The van der Waals surface area contributed by atoms with Crippen molar-refractivity contribution in [3.8, 4) is 0 Å². The van der Waals surface area contributed by atoms with Gasteiger partial charge in [-0.05, 0) is 11.6 Å². The van der Waals surface area contributed by atoms with E-state index in [1.807, 2.05) is 0 Å². The lowest BCUT2D eigenvalue weighted by molar-refractivity contribution is -0.148. The summed E-state index contributed by atoms with van der Waals surface area (Å²) in [7, 11) is -4.70. The Labute approximate surface area is 127 Å². The number of carboxylic acid groups (broad SMARTS) is 1. The van der Waals surface area contributed by atoms with Gasteiger partial charge in [-0.1, -0.05) is 6.07 Å². The quantitative estimate of drug-likeness (QED) is 0.749. The molecule has 1 aliphatic heterocycles. The maximum absolute atomic E-state index is 12.7. The maximum Gasteiger partial charge on any atom is 0.326 e. The highest BCUT2D eigenvalue weighted by Gasteiger charge is 2.39. The number of carbonyl (C=O) groups excluding carboxylic acids is 1. The summed E-state index contributed by atoms with van der Waals surface area (Å²) >= 11 is 0. The number of carbonyl (C=O) groups is 2. The molecule has 22 heavy (non-hydrogen) atoms. The molecule has 0 aromatic carbocycles. The van der Waals surface area contributed by atoms with Gasteiger partial charge in [-0.15, -0.1) is 3.89 Å². The number of pyridine rings is 1. The van der Waals surface area contributed by atoms with Crippen LogP contribution in [-0.2, 0) is 26.2 Å². The highest BCUT2D eigenvalue weighted by Crippen LogP contribution is 2.24. The van der Waals surface area contributed by atoms with Crippen LogP contribution in [0.15, 0.2) is 24.5 Å². The summed E-state index contributed by atoms with van der Waals surface area (Å²) in [5.74, 6) is -3.17. The summed E-state index contributed by atoms with van der Waals surface area (Å²) < 4.78 is 34.1. The van der Waals surface area contributed by atoms with Crippen LogP contribution in [0.1, 0.15) is 12.0 Å². The minimum Gasteiger partial charge on any atom is -0.480 e. The van der Waals surface area contributed by atoms with E-state index in [4.69, 9.17) is 0 Å². The molecule has 120 valence electrons. The minimum atomic E-state index is -4.70. The Kier molecular flexibility index (Phi) is 4.74. The second-order valence-corrected chi connectivity index (χ2v) is 6.65. The van der Waals surface area contributed by atoms with Gasteiger partial charge >= 0.3 is 16.2 Å². The molecule has 0 spiro atoms. The van der Waals surface area contributed by atoms with E-state index in [1.165, 1.54) is 6.20 Å². The third-order valence-corrected chi connectivity index (χ3v) is 4.36. The van der Waals surface area contributed by atoms with Crippen molar-refractivity contribution >= 4 is 22.1 Å². The molecule has 9 heteroatoms. The zero-order valence-electron chi connectivity index (χ0n) is 11.6. The van der Waals surface area contributed by atoms with Gasteiger partial charge in [-0.3, -0.25) is 9.78 Å². The number of aliphatic carboxylic acids is 1. The first-order valence-corrected chi connectivity index (χ1v) is 8.15. The third kappa shape index (κ3) is 4.23. The number of hydrogen-bond acceptors (Lipinski definition) is 5. The number of hydrogen-bond donors (Lipinski definition) is 1. The first-order chi connectivity index (χ1) is 10.3. The molecule has 0 radical (unpaired) electrons. The molecule has 2 heterocycles. The fraction of sp³-hybridized carbons (Fsp3) is 0.462. The van der Waals surface area contributed by atoms with Crippen LogP contribution in [0.2, 0.25) is 0 Å². The molecule has 0 saturated carbocycles. The number of likely N-dealkylation sites (tertiary alicyclic amines) is 1. The van der Waals surface area contributed by atoms with Gasteiger partial charge in [0.25, 0.3) is 0 Å². The molecule has 7 nitrogen and oxygen atoms in total. The molecular formula is C13H15FN2O5S. The van der Waals surface area contributed by atoms with Crippen LogP contribution in [0.3, 0.4) is 0 Å². The van der Waals surface area contributed by atoms with Gasteiger partial charge in [0.1, 0.15) is 6.04 Å². The first-order valence-electron chi connectivity index (χ1n) is 6.60. The molecule has 1 N–H and O–H groups in total. The largest absolute Gasteiger partial charge is 0.480 e. The van der Waals surface area contributed by atoms with E-state index in [1.54, 1.807) is 18.3 Å². The molecule has 2 atom stereocenters. The summed E-state index contributed by atoms with van der Waals surface area (Å²) in [6, 6.07) is 2.22. The van der Waals surface area contributed by atoms with Crippen LogP contribution in [0.5, 0.6) is 0 Å². The van der Waals surface area contributed by atoms with Crippen LogP contribution in [0, 0.1) is 5.92 Å². The van der Waals surface area contributed by atoms with Crippen molar-refractivity contribution in [3.63, 3.8) is 0 Å². The van der Waals surface area contributed by atoms with Crippen molar-refractivity contribution in [2.75, 3.05) is 12.3 Å². The normalized spacial score (nSPS) is 20.1. The van der Waals surface area contributed by atoms with Gasteiger partial charge in [-0.25, -0.2) is 4.79 Å². The summed E-state index contributed by atoms with van der Waals surface area (Å²) in [6.07, 6.45) is 2.94. The van der Waals surface area contributed by atoms with Crippen LogP contribution in [0.25, 0.3) is 0 Å². The average molecular weight is 330 g/mol. The van der Waals surface area contributed by atoms with E-state index in [0.717, 1.165) is 4.90 Å². The number of carboxylic acids is 1. The van der Waals surface area contributed by atoms with Crippen LogP contribution in [-0.4, -0.2) is 53.6 Å². The van der Waals surface area contributed by atoms with E-state index < -0.39 is 39.8 Å². The smallest absolute Gasteiger partial charge is 0.326 e. The van der Waals surface area contributed by atoms with Crippen LogP contribution >= 0.6 is 0 Å². The Hall–Kier alpha value is -2.03. The SMILES string of the molecule is O=C(O)C(Cc1cccnc1)N1CC(CS(=O)(=O)F)CC1=O. The predicted octanol–water partition coefficient (Wildman–Crippen LogP) is 0.225. The average Bonchev–Trinajstić information content (AvgIpc) is 2.75. The van der Waals surface area contributed by atoms with Gasteiger partial charge in [-0.2, -0.15) is 8.42 Å². The molecule has 2 rings (SSSR count). The Morgan fingerprint density at radius 1 is 1.55 bits per heavy atom. The molecule has 2 unspecified atom stereocenters. The van der Waals surface area contributed by atoms with E-state index in [2.05, 4.69) is 4.98 Å². The summed E-state index contributed by atoms with van der Waals surface area (Å²) in [6.45, 7) is -0.0841. The standard InChI is InChI=1S/C13H15FN2O5S/c14-22(20,21)8-10-5-12(17)16(7-10)11(13(18)19)4-9-2-1-3-15-6-9/h1-3,6,10-11H,4-5,7-8H2,(H,18,19). The molecule has 1 aromatic heterocycles. The monoisotopic (exact) mass is 330 g/mol. The zero-order chi connectivity index (χ0) is 16.3. The lowest BCUT2D eigenvalue weighted by Crippen LogP contribution is -2.43. The molecule has 1 aliphatic rings. The van der Waals surface area contributed by atoms with Crippen molar-refractivity contribution in [1.82, 2.24) is 9.88 Å². The number of amides is 1. The van der Waals surface area contributed by atoms with E-state index in [0.29, 0.717) is 5.56 Å². The Bertz CT molecular complexity index is 664. The van der Waals surface area contributed by atoms with Crippen molar-refractivity contribution in [3.05, 3.63) is 30.1 Å². The highest BCUT2D eigenvalue weighted by molar-refractivity contribution is 7.86. The van der Waals surface area contributed by atoms with E-state index >= 15 is 0 Å². The molecule has 1 aromatic rings. The molecule has 1 fully saturated rings. The summed E-state index contributed by atoms with van der Waals surface area (Å²) in [5, 5.41) is 9.32. The predicted molar refractivity (Wildman–Crippen MR) is 74.1 cm³/mol. The second-order valence-electron chi connectivity index (χ2n) is 5.24. The molecule has 1 saturated heterocycles. The lowest BCUT2D eigenvalue weighted by atomic mass is 10.1. The molecule has 0 bridgehead atoms. The number of rotatable bonds is 6. The fourth-order valence-electron chi connectivity index (χ4n) is 2.58. The summed E-state index contributed by atoms with van der Waals surface area (Å²) in [5.41, 5.74) is 0.643. The Morgan fingerprint density at radius 3 is 2.82 bits per heavy atom. The van der Waals surface area contributed by atoms with E-state index in [9.17, 15) is 27.0 Å². The highest BCUT2D eigenvalue weighted by atomic mass is 32.3. The van der Waals surface area contributed by atoms with Crippen molar-refractivity contribution in [1.29, 1.82) is 0 Å². The second kappa shape index (κ2) is 6.39. The number of halogens is 1. The van der Waals surface area contributed by atoms with Crippen LogP contribution < -0.4 is 0 Å². The van der Waals surface area contributed by atoms with E-state index in [-0.39, 0.29) is 19.4 Å².